The standard InChI is InChI=1S/C13H28N2O/c1-11(2)8-15-10-13(3,4)9-14-7-12(15)5-6-16/h11-12,14,16H,5-10H2,1-4H3. The van der Waals surface area contributed by atoms with E-state index in [-0.39, 0.29) is 0 Å². The zero-order valence-corrected chi connectivity index (χ0v) is 11.3. The Bertz CT molecular complexity index is 204. The first-order valence-corrected chi connectivity index (χ1v) is 6.50. The van der Waals surface area contributed by atoms with E-state index in [9.17, 15) is 0 Å². The quantitative estimate of drug-likeness (QED) is 0.762. The molecular formula is C13H28N2O. The summed E-state index contributed by atoms with van der Waals surface area (Å²) in [6, 6.07) is 0.495. The van der Waals surface area contributed by atoms with E-state index in [1.807, 2.05) is 0 Å². The summed E-state index contributed by atoms with van der Waals surface area (Å²) in [5.41, 5.74) is 0.332. The number of nitrogens with one attached hydrogen (secondary N) is 1. The molecule has 3 nitrogen and oxygen atoms in total. The first-order chi connectivity index (χ1) is 7.44. The van der Waals surface area contributed by atoms with E-state index < -0.39 is 0 Å². The van der Waals surface area contributed by atoms with Gasteiger partial charge in [-0.1, -0.05) is 27.7 Å². The summed E-state index contributed by atoms with van der Waals surface area (Å²) in [6.07, 6.45) is 0.885. The van der Waals surface area contributed by atoms with Crippen molar-refractivity contribution < 1.29 is 5.11 Å². The van der Waals surface area contributed by atoms with Crippen LogP contribution in [0.1, 0.15) is 34.1 Å². The SMILES string of the molecule is CC(C)CN1CC(C)(C)CNCC1CCO. The van der Waals surface area contributed by atoms with Crippen LogP contribution >= 0.6 is 0 Å². The highest BCUT2D eigenvalue weighted by atomic mass is 16.3. The van der Waals surface area contributed by atoms with Gasteiger partial charge < -0.3 is 10.4 Å². The van der Waals surface area contributed by atoms with Crippen molar-refractivity contribution in [2.24, 2.45) is 11.3 Å². The summed E-state index contributed by atoms with van der Waals surface area (Å²) in [6.45, 7) is 13.8. The lowest BCUT2D eigenvalue weighted by molar-refractivity contribution is 0.120. The number of aliphatic hydroxyl groups is 1. The molecule has 0 spiro atoms. The second-order valence-corrected chi connectivity index (χ2v) is 6.28. The van der Waals surface area contributed by atoms with Crippen molar-refractivity contribution in [2.45, 2.75) is 40.2 Å². The van der Waals surface area contributed by atoms with E-state index >= 15 is 0 Å². The maximum absolute atomic E-state index is 9.14. The van der Waals surface area contributed by atoms with Crippen molar-refractivity contribution in [2.75, 3.05) is 32.8 Å². The van der Waals surface area contributed by atoms with E-state index in [0.29, 0.717) is 24.0 Å². The molecule has 1 aliphatic rings. The molecule has 0 aliphatic carbocycles. The van der Waals surface area contributed by atoms with Gasteiger partial charge in [0, 0.05) is 38.8 Å². The fourth-order valence-corrected chi connectivity index (χ4v) is 2.56. The predicted octanol–water partition coefficient (Wildman–Crippen LogP) is 1.32. The predicted molar refractivity (Wildman–Crippen MR) is 68.6 cm³/mol. The maximum Gasteiger partial charge on any atom is 0.0446 e. The number of aliphatic hydroxyl groups excluding tert-OH is 1. The average Bonchev–Trinajstić information content (AvgIpc) is 2.25. The summed E-state index contributed by atoms with van der Waals surface area (Å²) in [7, 11) is 0. The van der Waals surface area contributed by atoms with Crippen LogP contribution < -0.4 is 5.32 Å². The molecule has 1 saturated heterocycles. The molecule has 0 amide bonds. The minimum absolute atomic E-state index is 0.293. The van der Waals surface area contributed by atoms with Crippen LogP contribution in [0.25, 0.3) is 0 Å². The smallest absolute Gasteiger partial charge is 0.0446 e. The summed E-state index contributed by atoms with van der Waals surface area (Å²) in [4.78, 5) is 2.56. The van der Waals surface area contributed by atoms with Gasteiger partial charge in [0.25, 0.3) is 0 Å². The van der Waals surface area contributed by atoms with E-state index in [1.165, 1.54) is 0 Å². The molecule has 3 heteroatoms. The number of hydrogen-bond acceptors (Lipinski definition) is 3. The first-order valence-electron chi connectivity index (χ1n) is 6.50. The first kappa shape index (κ1) is 13.9. The molecule has 96 valence electrons. The molecule has 1 unspecified atom stereocenters. The van der Waals surface area contributed by atoms with Crippen LogP contribution in [0.3, 0.4) is 0 Å². The Morgan fingerprint density at radius 3 is 2.69 bits per heavy atom. The minimum Gasteiger partial charge on any atom is -0.396 e. The van der Waals surface area contributed by atoms with Crippen LogP contribution in [-0.4, -0.2) is 48.8 Å². The second-order valence-electron chi connectivity index (χ2n) is 6.28. The third-order valence-corrected chi connectivity index (χ3v) is 3.19. The summed E-state index contributed by atoms with van der Waals surface area (Å²) < 4.78 is 0. The molecular weight excluding hydrogens is 200 g/mol. The van der Waals surface area contributed by atoms with Gasteiger partial charge in [0.1, 0.15) is 0 Å². The number of hydrogen-bond donors (Lipinski definition) is 2. The molecule has 1 aliphatic heterocycles. The van der Waals surface area contributed by atoms with E-state index in [1.54, 1.807) is 0 Å². The molecule has 16 heavy (non-hydrogen) atoms. The number of rotatable bonds is 4. The molecule has 1 heterocycles. The van der Waals surface area contributed by atoms with Gasteiger partial charge in [-0.05, 0) is 17.8 Å². The lowest BCUT2D eigenvalue weighted by Crippen LogP contribution is -2.44. The average molecular weight is 228 g/mol. The highest BCUT2D eigenvalue weighted by Gasteiger charge is 2.30. The van der Waals surface area contributed by atoms with Gasteiger partial charge in [-0.2, -0.15) is 0 Å². The Labute approximate surface area is 100 Å². The Morgan fingerprint density at radius 1 is 1.44 bits per heavy atom. The van der Waals surface area contributed by atoms with Crippen molar-refractivity contribution in [3.63, 3.8) is 0 Å². The maximum atomic E-state index is 9.14. The van der Waals surface area contributed by atoms with Crippen LogP contribution in [0.2, 0.25) is 0 Å². The van der Waals surface area contributed by atoms with E-state index in [0.717, 1.165) is 32.6 Å². The van der Waals surface area contributed by atoms with Gasteiger partial charge in [-0.3, -0.25) is 4.90 Å². The normalized spacial score (nSPS) is 27.0. The Balaban J connectivity index is 2.66. The monoisotopic (exact) mass is 228 g/mol. The van der Waals surface area contributed by atoms with Gasteiger partial charge in [0.2, 0.25) is 0 Å². The molecule has 0 aromatic heterocycles. The molecule has 1 rings (SSSR count). The van der Waals surface area contributed by atoms with Gasteiger partial charge >= 0.3 is 0 Å². The van der Waals surface area contributed by atoms with Crippen molar-refractivity contribution >= 4 is 0 Å². The largest absolute Gasteiger partial charge is 0.396 e. The van der Waals surface area contributed by atoms with Crippen molar-refractivity contribution in [1.29, 1.82) is 0 Å². The summed E-state index contributed by atoms with van der Waals surface area (Å²) in [5.74, 6) is 0.690. The van der Waals surface area contributed by atoms with Crippen LogP contribution in [-0.2, 0) is 0 Å². The van der Waals surface area contributed by atoms with E-state index in [4.69, 9.17) is 5.11 Å². The van der Waals surface area contributed by atoms with E-state index in [2.05, 4.69) is 37.9 Å². The third kappa shape index (κ3) is 4.40. The molecule has 0 aromatic carbocycles. The van der Waals surface area contributed by atoms with Crippen LogP contribution in [0.15, 0.2) is 0 Å². The Hall–Kier alpha value is -0.120. The molecule has 0 aromatic rings. The van der Waals surface area contributed by atoms with Crippen molar-refractivity contribution in [3.05, 3.63) is 0 Å². The van der Waals surface area contributed by atoms with Crippen LogP contribution in [0.5, 0.6) is 0 Å². The topological polar surface area (TPSA) is 35.5 Å². The second kappa shape index (κ2) is 5.99. The molecule has 1 atom stereocenters. The molecule has 0 bridgehead atoms. The molecule has 0 radical (unpaired) electrons. The fraction of sp³-hybridized carbons (Fsp3) is 1.00. The minimum atomic E-state index is 0.293. The Kier molecular flexibility index (Phi) is 5.22. The van der Waals surface area contributed by atoms with Crippen LogP contribution in [0.4, 0.5) is 0 Å². The van der Waals surface area contributed by atoms with Crippen molar-refractivity contribution in [3.8, 4) is 0 Å². The van der Waals surface area contributed by atoms with Gasteiger partial charge in [-0.15, -0.1) is 0 Å². The lowest BCUT2D eigenvalue weighted by atomic mass is 9.92. The van der Waals surface area contributed by atoms with Gasteiger partial charge in [-0.25, -0.2) is 0 Å². The fourth-order valence-electron chi connectivity index (χ4n) is 2.56. The van der Waals surface area contributed by atoms with Gasteiger partial charge in [0.05, 0.1) is 0 Å². The number of nitrogens with zero attached hydrogens (tertiary/aromatic N) is 1. The van der Waals surface area contributed by atoms with Crippen LogP contribution in [0, 0.1) is 11.3 Å². The summed E-state index contributed by atoms with van der Waals surface area (Å²) in [5, 5.41) is 12.7. The highest BCUT2D eigenvalue weighted by Crippen LogP contribution is 2.22. The third-order valence-electron chi connectivity index (χ3n) is 3.19. The summed E-state index contributed by atoms with van der Waals surface area (Å²) >= 11 is 0. The molecule has 2 N–H and O–H groups in total. The van der Waals surface area contributed by atoms with Gasteiger partial charge in [0.15, 0.2) is 0 Å². The van der Waals surface area contributed by atoms with Crippen molar-refractivity contribution in [1.82, 2.24) is 10.2 Å². The molecule has 0 saturated carbocycles. The highest BCUT2D eigenvalue weighted by molar-refractivity contribution is 4.86. The Morgan fingerprint density at radius 2 is 2.12 bits per heavy atom. The zero-order valence-electron chi connectivity index (χ0n) is 11.3. The molecule has 1 fully saturated rings. The lowest BCUT2D eigenvalue weighted by Gasteiger charge is -2.34. The zero-order chi connectivity index (χ0) is 12.2.